The lowest BCUT2D eigenvalue weighted by Crippen LogP contribution is -2.36. The van der Waals surface area contributed by atoms with Gasteiger partial charge in [-0.25, -0.2) is 13.4 Å². The molecule has 1 aromatic heterocycles. The number of hydrogen-bond donors (Lipinski definition) is 1. The Kier molecular flexibility index (Phi) is 5.15. The van der Waals surface area contributed by atoms with Gasteiger partial charge in [0.05, 0.1) is 5.69 Å². The Balaban J connectivity index is 1.89. The van der Waals surface area contributed by atoms with Crippen LogP contribution in [0.5, 0.6) is 0 Å². The fourth-order valence-corrected chi connectivity index (χ4v) is 4.56. The molecule has 0 saturated carbocycles. The number of nitrogens with zero attached hydrogens (tertiary/aromatic N) is 2. The van der Waals surface area contributed by atoms with E-state index in [2.05, 4.69) is 10.3 Å². The number of hydrogen-bond acceptors (Lipinski definition) is 4. The monoisotopic (exact) mass is 359 g/mol. The molecule has 1 amide bonds. The second-order valence-electron chi connectivity index (χ2n) is 6.08. The fraction of sp³-hybridized carbons (Fsp3) is 0.333. The van der Waals surface area contributed by atoms with Crippen LogP contribution in [0.25, 0.3) is 0 Å². The van der Waals surface area contributed by atoms with Crippen molar-refractivity contribution in [2.75, 3.05) is 18.4 Å². The maximum atomic E-state index is 12.9. The molecule has 6 nitrogen and oxygen atoms in total. The second kappa shape index (κ2) is 7.33. The number of carbonyl (C=O) groups excluding carboxylic acids is 1. The van der Waals surface area contributed by atoms with Crippen molar-refractivity contribution in [3.8, 4) is 0 Å². The first kappa shape index (κ1) is 17.6. The molecule has 1 saturated heterocycles. The SMILES string of the molecule is Cc1cccc(C(=O)Nc2ccccc2S(=O)(=O)N2CCCCC2)n1. The Labute approximate surface area is 147 Å². The maximum absolute atomic E-state index is 12.9. The minimum Gasteiger partial charge on any atom is -0.319 e. The molecular weight excluding hydrogens is 338 g/mol. The topological polar surface area (TPSA) is 79.4 Å². The van der Waals surface area contributed by atoms with Gasteiger partial charge in [-0.15, -0.1) is 0 Å². The zero-order chi connectivity index (χ0) is 17.9. The minimum atomic E-state index is -3.63. The van der Waals surface area contributed by atoms with Gasteiger partial charge in [0.15, 0.2) is 0 Å². The van der Waals surface area contributed by atoms with Crippen molar-refractivity contribution >= 4 is 21.6 Å². The Hall–Kier alpha value is -2.25. The van der Waals surface area contributed by atoms with Crippen LogP contribution in [0, 0.1) is 6.92 Å². The molecule has 1 fully saturated rings. The first-order valence-electron chi connectivity index (χ1n) is 8.33. The Morgan fingerprint density at radius 3 is 2.48 bits per heavy atom. The number of carbonyl (C=O) groups is 1. The van der Waals surface area contributed by atoms with E-state index in [0.29, 0.717) is 13.1 Å². The highest BCUT2D eigenvalue weighted by molar-refractivity contribution is 7.89. The Bertz CT molecular complexity index is 875. The molecule has 0 radical (unpaired) electrons. The molecule has 2 heterocycles. The Morgan fingerprint density at radius 2 is 1.76 bits per heavy atom. The summed E-state index contributed by atoms with van der Waals surface area (Å²) in [6.45, 7) is 2.83. The molecule has 0 atom stereocenters. The van der Waals surface area contributed by atoms with Crippen LogP contribution in [0.3, 0.4) is 0 Å². The minimum absolute atomic E-state index is 0.123. The van der Waals surface area contributed by atoms with E-state index in [0.717, 1.165) is 25.0 Å². The largest absolute Gasteiger partial charge is 0.319 e. The van der Waals surface area contributed by atoms with Gasteiger partial charge in [-0.2, -0.15) is 4.31 Å². The summed E-state index contributed by atoms with van der Waals surface area (Å²) in [5.74, 6) is -0.426. The molecule has 7 heteroatoms. The molecular formula is C18H21N3O3S. The molecule has 3 rings (SSSR count). The van der Waals surface area contributed by atoms with Crippen molar-refractivity contribution in [1.29, 1.82) is 0 Å². The Morgan fingerprint density at radius 1 is 1.04 bits per heavy atom. The van der Waals surface area contributed by atoms with Gasteiger partial charge in [0.25, 0.3) is 5.91 Å². The lowest BCUT2D eigenvalue weighted by atomic mass is 10.2. The summed E-state index contributed by atoms with van der Waals surface area (Å²) in [5, 5.41) is 2.69. The van der Waals surface area contributed by atoms with E-state index >= 15 is 0 Å². The van der Waals surface area contributed by atoms with E-state index in [-0.39, 0.29) is 16.3 Å². The highest BCUT2D eigenvalue weighted by Gasteiger charge is 2.28. The highest BCUT2D eigenvalue weighted by Crippen LogP contribution is 2.27. The predicted molar refractivity (Wildman–Crippen MR) is 96.0 cm³/mol. The molecule has 1 N–H and O–H groups in total. The number of aryl methyl sites for hydroxylation is 1. The van der Waals surface area contributed by atoms with Gasteiger partial charge >= 0.3 is 0 Å². The lowest BCUT2D eigenvalue weighted by molar-refractivity contribution is 0.102. The number of para-hydroxylation sites is 1. The number of benzene rings is 1. The maximum Gasteiger partial charge on any atom is 0.274 e. The molecule has 132 valence electrons. The normalized spacial score (nSPS) is 15.7. The van der Waals surface area contributed by atoms with Crippen LogP contribution >= 0.6 is 0 Å². The van der Waals surface area contributed by atoms with Crippen LogP contribution in [0.1, 0.15) is 35.4 Å². The predicted octanol–water partition coefficient (Wildman–Crippen LogP) is 2.82. The molecule has 0 aliphatic carbocycles. The molecule has 1 aromatic carbocycles. The third-order valence-electron chi connectivity index (χ3n) is 4.19. The summed E-state index contributed by atoms with van der Waals surface area (Å²) in [5.41, 5.74) is 1.26. The number of anilines is 1. The van der Waals surface area contributed by atoms with E-state index in [9.17, 15) is 13.2 Å². The van der Waals surface area contributed by atoms with Gasteiger partial charge in [-0.1, -0.05) is 24.6 Å². The van der Waals surface area contributed by atoms with Crippen LogP contribution < -0.4 is 5.32 Å². The van der Waals surface area contributed by atoms with Gasteiger partial charge in [0.1, 0.15) is 10.6 Å². The summed E-state index contributed by atoms with van der Waals surface area (Å²) in [6.07, 6.45) is 2.77. The summed E-state index contributed by atoms with van der Waals surface area (Å²) in [4.78, 5) is 16.7. The first-order chi connectivity index (χ1) is 12.0. The number of nitrogens with one attached hydrogen (secondary N) is 1. The van der Waals surface area contributed by atoms with Gasteiger partial charge < -0.3 is 5.32 Å². The van der Waals surface area contributed by atoms with E-state index in [4.69, 9.17) is 0 Å². The molecule has 25 heavy (non-hydrogen) atoms. The number of amides is 1. The molecule has 2 aromatic rings. The van der Waals surface area contributed by atoms with Crippen LogP contribution in [-0.2, 0) is 10.0 Å². The average molecular weight is 359 g/mol. The fourth-order valence-electron chi connectivity index (χ4n) is 2.90. The molecule has 1 aliphatic heterocycles. The number of sulfonamides is 1. The molecule has 0 unspecified atom stereocenters. The second-order valence-corrected chi connectivity index (χ2v) is 7.99. The van der Waals surface area contributed by atoms with Crippen LogP contribution in [0.15, 0.2) is 47.4 Å². The number of pyridine rings is 1. The summed E-state index contributed by atoms with van der Waals surface area (Å²) >= 11 is 0. The highest BCUT2D eigenvalue weighted by atomic mass is 32.2. The van der Waals surface area contributed by atoms with Crippen molar-refractivity contribution in [1.82, 2.24) is 9.29 Å². The summed E-state index contributed by atoms with van der Waals surface area (Å²) in [6, 6.07) is 11.6. The van der Waals surface area contributed by atoms with Gasteiger partial charge in [0.2, 0.25) is 10.0 Å². The smallest absolute Gasteiger partial charge is 0.274 e. The van der Waals surface area contributed by atoms with E-state index < -0.39 is 15.9 Å². The zero-order valence-electron chi connectivity index (χ0n) is 14.1. The first-order valence-corrected chi connectivity index (χ1v) is 9.77. The van der Waals surface area contributed by atoms with Crippen molar-refractivity contribution < 1.29 is 13.2 Å². The number of aromatic nitrogens is 1. The van der Waals surface area contributed by atoms with Crippen LogP contribution in [-0.4, -0.2) is 36.7 Å². The van der Waals surface area contributed by atoms with Crippen molar-refractivity contribution in [3.05, 3.63) is 53.9 Å². The quantitative estimate of drug-likeness (QED) is 0.910. The lowest BCUT2D eigenvalue weighted by Gasteiger charge is -2.26. The van der Waals surface area contributed by atoms with Crippen molar-refractivity contribution in [3.63, 3.8) is 0 Å². The summed E-state index contributed by atoms with van der Waals surface area (Å²) < 4.78 is 27.4. The number of piperidine rings is 1. The van der Waals surface area contributed by atoms with Crippen molar-refractivity contribution in [2.45, 2.75) is 31.1 Å². The van der Waals surface area contributed by atoms with E-state index in [1.54, 1.807) is 43.3 Å². The zero-order valence-corrected chi connectivity index (χ0v) is 14.9. The van der Waals surface area contributed by atoms with Gasteiger partial charge in [-0.05, 0) is 44.0 Å². The third-order valence-corrected chi connectivity index (χ3v) is 6.15. The summed E-state index contributed by atoms with van der Waals surface area (Å²) in [7, 11) is -3.63. The van der Waals surface area contributed by atoms with Crippen LogP contribution in [0.4, 0.5) is 5.69 Å². The van der Waals surface area contributed by atoms with Gasteiger partial charge in [-0.3, -0.25) is 4.79 Å². The number of rotatable bonds is 4. The van der Waals surface area contributed by atoms with E-state index in [1.165, 1.54) is 10.4 Å². The average Bonchev–Trinajstić information content (AvgIpc) is 2.63. The van der Waals surface area contributed by atoms with Gasteiger partial charge in [0, 0.05) is 18.8 Å². The molecule has 0 bridgehead atoms. The standard InChI is InChI=1S/C18H21N3O3S/c1-14-8-7-10-16(19-14)18(22)20-15-9-3-4-11-17(15)25(23,24)21-12-5-2-6-13-21/h3-4,7-11H,2,5-6,12-13H2,1H3,(H,20,22). The van der Waals surface area contributed by atoms with Crippen LogP contribution in [0.2, 0.25) is 0 Å². The van der Waals surface area contributed by atoms with E-state index in [1.807, 2.05) is 0 Å². The molecule has 0 spiro atoms. The molecule has 1 aliphatic rings. The third kappa shape index (κ3) is 3.88. The van der Waals surface area contributed by atoms with Crippen molar-refractivity contribution in [2.24, 2.45) is 0 Å².